The van der Waals surface area contributed by atoms with Gasteiger partial charge in [-0.25, -0.2) is 0 Å². The van der Waals surface area contributed by atoms with Crippen molar-refractivity contribution in [2.24, 2.45) is 5.73 Å². The zero-order valence-electron chi connectivity index (χ0n) is 8.87. The highest BCUT2D eigenvalue weighted by Gasteiger charge is 2.23. The number of rotatable bonds is 4. The van der Waals surface area contributed by atoms with Crippen molar-refractivity contribution < 1.29 is 0 Å². The summed E-state index contributed by atoms with van der Waals surface area (Å²) in [7, 11) is 0. The summed E-state index contributed by atoms with van der Waals surface area (Å²) in [6, 6.07) is 6.84. The predicted molar refractivity (Wildman–Crippen MR) is 70.4 cm³/mol. The summed E-state index contributed by atoms with van der Waals surface area (Å²) in [5, 5.41) is 0.862. The molecule has 0 heterocycles. The van der Waals surface area contributed by atoms with E-state index in [9.17, 15) is 0 Å². The molecule has 1 aromatic carbocycles. The van der Waals surface area contributed by atoms with Gasteiger partial charge >= 0.3 is 0 Å². The Kier molecular flexibility index (Phi) is 3.75. The Bertz CT molecular complexity index is 347. The third kappa shape index (κ3) is 3.51. The fraction of sp³-hybridized carbons (Fsp3) is 0.500. The fourth-order valence-electron chi connectivity index (χ4n) is 1.50. The zero-order chi connectivity index (χ0) is 10.8. The number of hydrogen-bond acceptors (Lipinski definition) is 2. The highest BCUT2D eigenvalue weighted by Crippen LogP contribution is 2.42. The summed E-state index contributed by atoms with van der Waals surface area (Å²) >= 11 is 5.62. The van der Waals surface area contributed by atoms with Crippen LogP contribution in [-0.2, 0) is 6.42 Å². The maximum absolute atomic E-state index is 5.78. The van der Waals surface area contributed by atoms with Gasteiger partial charge in [0.25, 0.3) is 0 Å². The van der Waals surface area contributed by atoms with Gasteiger partial charge in [0.2, 0.25) is 0 Å². The number of thioether (sulfide) groups is 1. The van der Waals surface area contributed by atoms with E-state index in [0.29, 0.717) is 0 Å². The number of nitrogens with two attached hydrogens (primary N) is 1. The maximum Gasteiger partial charge on any atom is 0.0314 e. The van der Waals surface area contributed by atoms with E-state index in [1.807, 2.05) is 18.7 Å². The first-order chi connectivity index (χ1) is 7.15. The second-order valence-corrected chi connectivity index (χ2v) is 6.46. The van der Waals surface area contributed by atoms with Gasteiger partial charge in [0, 0.05) is 20.7 Å². The molecule has 82 valence electrons. The van der Waals surface area contributed by atoms with E-state index >= 15 is 0 Å². The molecule has 3 heteroatoms. The smallest absolute Gasteiger partial charge is 0.0314 e. The molecular weight excluding hydrogens is 270 g/mol. The summed E-state index contributed by atoms with van der Waals surface area (Å²) in [6.07, 6.45) is 3.70. The first-order valence-corrected chi connectivity index (χ1v) is 7.03. The van der Waals surface area contributed by atoms with Crippen LogP contribution in [0.25, 0.3) is 0 Å². The van der Waals surface area contributed by atoms with Gasteiger partial charge in [-0.1, -0.05) is 6.07 Å². The molecule has 1 saturated carbocycles. The van der Waals surface area contributed by atoms with Crippen molar-refractivity contribution in [1.82, 2.24) is 0 Å². The van der Waals surface area contributed by atoms with Crippen LogP contribution in [0.1, 0.15) is 25.3 Å². The molecular formula is C12H16BrNS. The van der Waals surface area contributed by atoms with Crippen LogP contribution < -0.4 is 5.73 Å². The van der Waals surface area contributed by atoms with Crippen molar-refractivity contribution in [3.8, 4) is 0 Å². The molecule has 1 nitrogen and oxygen atoms in total. The normalized spacial score (nSPS) is 17.8. The summed E-state index contributed by atoms with van der Waals surface area (Å²) in [6.45, 7) is 2.04. The second-order valence-electron chi connectivity index (χ2n) is 4.26. The van der Waals surface area contributed by atoms with Crippen LogP contribution in [0.3, 0.4) is 0 Å². The lowest BCUT2D eigenvalue weighted by atomic mass is 10.1. The van der Waals surface area contributed by atoms with E-state index in [2.05, 4.69) is 34.1 Å². The van der Waals surface area contributed by atoms with Crippen LogP contribution in [0.4, 0.5) is 0 Å². The highest BCUT2D eigenvalue weighted by molar-refractivity contribution is 9.10. The molecule has 0 amide bonds. The minimum Gasteiger partial charge on any atom is -0.328 e. The van der Waals surface area contributed by atoms with Crippen LogP contribution >= 0.6 is 27.7 Å². The summed E-state index contributed by atoms with van der Waals surface area (Å²) in [5.74, 6) is 0. The van der Waals surface area contributed by atoms with Gasteiger partial charge < -0.3 is 5.73 Å². The molecule has 2 N–H and O–H groups in total. The molecule has 15 heavy (non-hydrogen) atoms. The Labute approximate surface area is 104 Å². The predicted octanol–water partition coefficient (Wildman–Crippen LogP) is 3.59. The second kappa shape index (κ2) is 4.89. The van der Waals surface area contributed by atoms with Gasteiger partial charge in [0.05, 0.1) is 0 Å². The standard InChI is InChI=1S/C12H16BrNS/c1-8(14)6-9-2-5-12(11(13)7-9)15-10-3-4-10/h2,5,7-8,10H,3-4,6,14H2,1H3. The topological polar surface area (TPSA) is 26.0 Å². The molecule has 1 aromatic rings. The van der Waals surface area contributed by atoms with Gasteiger partial charge in [-0.15, -0.1) is 11.8 Å². The number of halogens is 1. The monoisotopic (exact) mass is 285 g/mol. The average molecular weight is 286 g/mol. The third-order valence-electron chi connectivity index (χ3n) is 2.37. The van der Waals surface area contributed by atoms with Gasteiger partial charge in [0.1, 0.15) is 0 Å². The van der Waals surface area contributed by atoms with Gasteiger partial charge in [-0.3, -0.25) is 0 Å². The summed E-state index contributed by atoms with van der Waals surface area (Å²) < 4.78 is 1.22. The molecule has 0 radical (unpaired) electrons. The van der Waals surface area contributed by atoms with Crippen molar-refractivity contribution in [2.45, 2.75) is 42.4 Å². The molecule has 1 aliphatic rings. The Morgan fingerprint density at radius 1 is 1.53 bits per heavy atom. The molecule has 1 aliphatic carbocycles. The molecule has 1 fully saturated rings. The molecule has 2 rings (SSSR count). The lowest BCUT2D eigenvalue weighted by molar-refractivity contribution is 0.737. The van der Waals surface area contributed by atoms with Crippen molar-refractivity contribution >= 4 is 27.7 Å². The third-order valence-corrected chi connectivity index (χ3v) is 4.71. The van der Waals surface area contributed by atoms with Crippen molar-refractivity contribution in [2.75, 3.05) is 0 Å². The first-order valence-electron chi connectivity index (χ1n) is 5.36. The van der Waals surface area contributed by atoms with Gasteiger partial charge in [0.15, 0.2) is 0 Å². The summed E-state index contributed by atoms with van der Waals surface area (Å²) in [5.41, 5.74) is 7.10. The molecule has 1 atom stereocenters. The SMILES string of the molecule is CC(N)Cc1ccc(SC2CC2)c(Br)c1. The molecule has 0 aliphatic heterocycles. The van der Waals surface area contributed by atoms with Crippen LogP contribution in [-0.4, -0.2) is 11.3 Å². The van der Waals surface area contributed by atoms with Crippen molar-refractivity contribution in [3.63, 3.8) is 0 Å². The van der Waals surface area contributed by atoms with Gasteiger partial charge in [-0.05, 0) is 59.8 Å². The Morgan fingerprint density at radius 2 is 2.27 bits per heavy atom. The first kappa shape index (κ1) is 11.5. The average Bonchev–Trinajstić information content (AvgIpc) is 2.92. The number of benzene rings is 1. The van der Waals surface area contributed by atoms with E-state index in [4.69, 9.17) is 5.73 Å². The minimum atomic E-state index is 0.235. The Morgan fingerprint density at radius 3 is 2.80 bits per heavy atom. The Balaban J connectivity index is 2.07. The van der Waals surface area contributed by atoms with E-state index < -0.39 is 0 Å². The van der Waals surface area contributed by atoms with Crippen LogP contribution in [0.2, 0.25) is 0 Å². The molecule has 0 spiro atoms. The van der Waals surface area contributed by atoms with Crippen molar-refractivity contribution in [1.29, 1.82) is 0 Å². The van der Waals surface area contributed by atoms with E-state index in [-0.39, 0.29) is 6.04 Å². The van der Waals surface area contributed by atoms with Crippen molar-refractivity contribution in [3.05, 3.63) is 28.2 Å². The fourth-order valence-corrected chi connectivity index (χ4v) is 3.26. The largest absolute Gasteiger partial charge is 0.328 e. The lowest BCUT2D eigenvalue weighted by Crippen LogP contribution is -2.17. The molecule has 1 unspecified atom stereocenters. The minimum absolute atomic E-state index is 0.235. The molecule has 0 bridgehead atoms. The van der Waals surface area contributed by atoms with Crippen LogP contribution in [0.5, 0.6) is 0 Å². The zero-order valence-corrected chi connectivity index (χ0v) is 11.3. The van der Waals surface area contributed by atoms with Crippen LogP contribution in [0, 0.1) is 0 Å². The quantitative estimate of drug-likeness (QED) is 0.915. The van der Waals surface area contributed by atoms with Crippen LogP contribution in [0.15, 0.2) is 27.6 Å². The lowest BCUT2D eigenvalue weighted by Gasteiger charge is -2.08. The molecule has 0 aromatic heterocycles. The van der Waals surface area contributed by atoms with E-state index in [1.54, 1.807) is 0 Å². The maximum atomic E-state index is 5.78. The summed E-state index contributed by atoms with van der Waals surface area (Å²) in [4.78, 5) is 1.37. The molecule has 0 saturated heterocycles. The highest BCUT2D eigenvalue weighted by atomic mass is 79.9. The van der Waals surface area contributed by atoms with Gasteiger partial charge in [-0.2, -0.15) is 0 Å². The number of hydrogen-bond donors (Lipinski definition) is 1. The van der Waals surface area contributed by atoms with E-state index in [1.165, 1.54) is 27.8 Å². The Hall–Kier alpha value is 0.01000. The van der Waals surface area contributed by atoms with E-state index in [0.717, 1.165) is 11.7 Å².